The van der Waals surface area contributed by atoms with Crippen molar-refractivity contribution in [1.82, 2.24) is 0 Å². The number of carbonyl (C=O) groups excluding carboxylic acids is 1. The van der Waals surface area contributed by atoms with Crippen LogP contribution in [0.2, 0.25) is 5.02 Å². The number of esters is 1. The van der Waals surface area contributed by atoms with Crippen LogP contribution in [0, 0.1) is 11.8 Å². The van der Waals surface area contributed by atoms with Crippen molar-refractivity contribution in [3.63, 3.8) is 0 Å². The van der Waals surface area contributed by atoms with Crippen molar-refractivity contribution < 1.29 is 9.53 Å². The number of hydrogen-bond donors (Lipinski definition) is 0. The number of carbonyl (C=O) groups is 1. The molecule has 2 aliphatic carbocycles. The molecule has 104 valence electrons. The predicted molar refractivity (Wildman–Crippen MR) is 77.2 cm³/mol. The molecule has 0 spiro atoms. The van der Waals surface area contributed by atoms with Gasteiger partial charge >= 0.3 is 5.97 Å². The van der Waals surface area contributed by atoms with Crippen LogP contribution in [0.5, 0.6) is 0 Å². The smallest absolute Gasteiger partial charge is 0.305 e. The number of hydrogen-bond acceptors (Lipinski definition) is 2. The van der Waals surface area contributed by atoms with Gasteiger partial charge in [-0.2, -0.15) is 0 Å². The molecule has 2 aliphatic rings. The van der Waals surface area contributed by atoms with Gasteiger partial charge < -0.3 is 4.74 Å². The molecule has 2 atom stereocenters. The maximum atomic E-state index is 10.8. The molecule has 0 heterocycles. The summed E-state index contributed by atoms with van der Waals surface area (Å²) in [7, 11) is 0. The summed E-state index contributed by atoms with van der Waals surface area (Å²) in [5.74, 6) is 2.31. The number of fused-ring (bicyclic) bond motifs is 1. The highest BCUT2D eigenvalue weighted by Crippen LogP contribution is 2.55. The summed E-state index contributed by atoms with van der Waals surface area (Å²) in [4.78, 5) is 10.8. The Balaban J connectivity index is 0.000000215. The average Bonchev–Trinajstić information content (AvgIpc) is 2.99. The quantitative estimate of drug-likeness (QED) is 0.771. The van der Waals surface area contributed by atoms with E-state index in [0.717, 1.165) is 17.0 Å². The lowest BCUT2D eigenvalue weighted by atomic mass is 10.0. The molecule has 2 fully saturated rings. The molecule has 3 rings (SSSR count). The van der Waals surface area contributed by atoms with Crippen LogP contribution in [-0.2, 0) is 16.0 Å². The first-order valence-electron chi connectivity index (χ1n) is 7.09. The highest BCUT2D eigenvalue weighted by atomic mass is 35.5. The van der Waals surface area contributed by atoms with E-state index in [0.29, 0.717) is 13.0 Å². The van der Waals surface area contributed by atoms with Crippen LogP contribution in [0.25, 0.3) is 0 Å². The molecule has 2 nitrogen and oxygen atoms in total. The van der Waals surface area contributed by atoms with Crippen molar-refractivity contribution in [1.29, 1.82) is 0 Å². The normalized spacial score (nSPS) is 22.4. The molecule has 1 aromatic carbocycles. The number of halogens is 1. The molecule has 2 saturated carbocycles. The number of ether oxygens (including phenoxy) is 1. The first-order chi connectivity index (χ1) is 9.19. The van der Waals surface area contributed by atoms with Gasteiger partial charge in [0.1, 0.15) is 0 Å². The Morgan fingerprint density at radius 3 is 2.32 bits per heavy atom. The Kier molecular flexibility index (Phi) is 5.26. The second kappa shape index (κ2) is 6.95. The minimum atomic E-state index is -0.154. The summed E-state index contributed by atoms with van der Waals surface area (Å²) in [6.45, 7) is 2.22. The molecule has 0 aliphatic heterocycles. The van der Waals surface area contributed by atoms with E-state index in [1.807, 2.05) is 24.3 Å². The third kappa shape index (κ3) is 4.87. The van der Waals surface area contributed by atoms with E-state index in [4.69, 9.17) is 16.3 Å². The molecule has 19 heavy (non-hydrogen) atoms. The molecule has 1 aromatic rings. The molecule has 2 unspecified atom stereocenters. The van der Waals surface area contributed by atoms with Gasteiger partial charge in [-0.15, -0.1) is 0 Å². The number of benzene rings is 1. The number of rotatable bonds is 4. The maximum Gasteiger partial charge on any atom is 0.305 e. The largest absolute Gasteiger partial charge is 0.465 e. The van der Waals surface area contributed by atoms with Gasteiger partial charge in [0.2, 0.25) is 0 Å². The lowest BCUT2D eigenvalue weighted by Gasteiger charge is -2.04. The minimum Gasteiger partial charge on any atom is -0.465 e. The molecule has 0 N–H and O–H groups in total. The predicted octanol–water partition coefficient (Wildman–Crippen LogP) is 4.25. The van der Waals surface area contributed by atoms with Crippen molar-refractivity contribution in [2.24, 2.45) is 11.8 Å². The second-order valence-corrected chi connectivity index (χ2v) is 5.72. The van der Waals surface area contributed by atoms with Crippen molar-refractivity contribution in [3.8, 4) is 0 Å². The molecule has 0 radical (unpaired) electrons. The maximum absolute atomic E-state index is 10.8. The molecule has 0 amide bonds. The van der Waals surface area contributed by atoms with Crippen LogP contribution in [0.1, 0.15) is 38.2 Å². The highest BCUT2D eigenvalue weighted by molar-refractivity contribution is 6.30. The fourth-order valence-corrected chi connectivity index (χ4v) is 2.35. The van der Waals surface area contributed by atoms with E-state index in [9.17, 15) is 4.79 Å². The molecule has 0 aromatic heterocycles. The van der Waals surface area contributed by atoms with Crippen molar-refractivity contribution in [2.45, 2.75) is 39.0 Å². The Labute approximate surface area is 120 Å². The molecule has 0 saturated heterocycles. The van der Waals surface area contributed by atoms with Gasteiger partial charge in [0, 0.05) is 17.9 Å². The third-order valence-electron chi connectivity index (χ3n) is 3.83. The van der Waals surface area contributed by atoms with Crippen LogP contribution in [0.3, 0.4) is 0 Å². The van der Waals surface area contributed by atoms with E-state index in [1.165, 1.54) is 11.8 Å². The second-order valence-electron chi connectivity index (χ2n) is 5.28. The van der Waals surface area contributed by atoms with Crippen molar-refractivity contribution in [2.75, 3.05) is 6.61 Å². The molecular formula is C16H21ClO2. The lowest BCUT2D eigenvalue weighted by Crippen LogP contribution is -2.05. The zero-order valence-electron chi connectivity index (χ0n) is 11.4. The standard InChI is InChI=1S/C11H13ClO2.C5H8/c1-2-11(13)14-8-7-9-3-5-10(12)6-4-9;1-2-5-3-4(1)5/h3-6H,2,7-8H2,1H3;4-5H,1-3H2. The molecular weight excluding hydrogens is 260 g/mol. The van der Waals surface area contributed by atoms with Gasteiger partial charge in [0.25, 0.3) is 0 Å². The minimum absolute atomic E-state index is 0.154. The molecule has 0 bridgehead atoms. The first kappa shape index (κ1) is 14.4. The van der Waals surface area contributed by atoms with Gasteiger partial charge in [-0.1, -0.05) is 30.7 Å². The Bertz CT molecular complexity index is 401. The SMILES string of the molecule is C1CC2CC12.CCC(=O)OCCc1ccc(Cl)cc1. The van der Waals surface area contributed by atoms with E-state index in [2.05, 4.69) is 0 Å². The summed E-state index contributed by atoms with van der Waals surface area (Å²) in [5.41, 5.74) is 1.12. The zero-order chi connectivity index (χ0) is 13.7. The van der Waals surface area contributed by atoms with E-state index in [1.54, 1.807) is 26.2 Å². The molecule has 3 heteroatoms. The fourth-order valence-electron chi connectivity index (χ4n) is 2.22. The van der Waals surface area contributed by atoms with Gasteiger partial charge in [0.15, 0.2) is 0 Å². The first-order valence-corrected chi connectivity index (χ1v) is 7.47. The van der Waals surface area contributed by atoms with Crippen LogP contribution < -0.4 is 0 Å². The summed E-state index contributed by atoms with van der Waals surface area (Å²) >= 11 is 5.73. The summed E-state index contributed by atoms with van der Waals surface area (Å²) in [6.07, 6.45) is 5.87. The van der Waals surface area contributed by atoms with E-state index < -0.39 is 0 Å². The van der Waals surface area contributed by atoms with Crippen molar-refractivity contribution in [3.05, 3.63) is 34.9 Å². The van der Waals surface area contributed by atoms with Crippen LogP contribution in [0.4, 0.5) is 0 Å². The monoisotopic (exact) mass is 280 g/mol. The van der Waals surface area contributed by atoms with E-state index in [-0.39, 0.29) is 5.97 Å². The summed E-state index contributed by atoms with van der Waals surface area (Å²) in [5, 5.41) is 0.722. The lowest BCUT2D eigenvalue weighted by molar-refractivity contribution is -0.143. The van der Waals surface area contributed by atoms with Gasteiger partial charge in [0.05, 0.1) is 6.61 Å². The Morgan fingerprint density at radius 2 is 1.89 bits per heavy atom. The van der Waals surface area contributed by atoms with E-state index >= 15 is 0 Å². The fraction of sp³-hybridized carbons (Fsp3) is 0.562. The Morgan fingerprint density at radius 1 is 1.26 bits per heavy atom. The van der Waals surface area contributed by atoms with Crippen LogP contribution in [0.15, 0.2) is 24.3 Å². The van der Waals surface area contributed by atoms with Gasteiger partial charge in [-0.3, -0.25) is 4.79 Å². The van der Waals surface area contributed by atoms with Crippen LogP contribution >= 0.6 is 11.6 Å². The summed E-state index contributed by atoms with van der Waals surface area (Å²) < 4.78 is 4.95. The van der Waals surface area contributed by atoms with Gasteiger partial charge in [-0.05, 0) is 48.8 Å². The van der Waals surface area contributed by atoms with Gasteiger partial charge in [-0.25, -0.2) is 0 Å². The zero-order valence-corrected chi connectivity index (χ0v) is 12.2. The van der Waals surface area contributed by atoms with Crippen molar-refractivity contribution >= 4 is 17.6 Å². The Hall–Kier alpha value is -1.02. The van der Waals surface area contributed by atoms with Crippen LogP contribution in [-0.4, -0.2) is 12.6 Å². The highest BCUT2D eigenvalue weighted by Gasteiger charge is 2.44. The average molecular weight is 281 g/mol. The summed E-state index contributed by atoms with van der Waals surface area (Å²) in [6, 6.07) is 7.53. The third-order valence-corrected chi connectivity index (χ3v) is 4.08. The topological polar surface area (TPSA) is 26.3 Å².